The highest BCUT2D eigenvalue weighted by molar-refractivity contribution is 8.13. The van der Waals surface area contributed by atoms with Crippen LogP contribution in [0, 0.1) is 5.21 Å². The van der Waals surface area contributed by atoms with Crippen molar-refractivity contribution in [2.24, 2.45) is 10.7 Å². The highest BCUT2D eigenvalue weighted by atomic mass is 127. The summed E-state index contributed by atoms with van der Waals surface area (Å²) in [5.41, 5.74) is 6.44. The summed E-state index contributed by atoms with van der Waals surface area (Å²) in [6, 6.07) is 0. The molecular formula is C8H15Cl2IN3OS-. The summed E-state index contributed by atoms with van der Waals surface area (Å²) < 4.78 is 0. The van der Waals surface area contributed by atoms with Gasteiger partial charge in [-0.1, -0.05) is 30.3 Å². The largest absolute Gasteiger partial charge is 1.00 e. The van der Waals surface area contributed by atoms with Crippen LogP contribution < -0.4 is 35.2 Å². The van der Waals surface area contributed by atoms with Gasteiger partial charge in [-0.2, -0.15) is 0 Å². The molecule has 4 N–H and O–H groups in total. The van der Waals surface area contributed by atoms with Gasteiger partial charge in [-0.05, 0) is 13.3 Å². The zero-order chi connectivity index (χ0) is 11.8. The number of thioether (sulfide) groups is 1. The van der Waals surface area contributed by atoms with E-state index < -0.39 is 5.38 Å². The molecule has 0 amide bonds. The molecule has 0 aromatic heterocycles. The topological polar surface area (TPSA) is 78.0 Å². The number of nitrogens with two attached hydrogens (primary N) is 2. The number of nitrogens with zero attached hydrogens (tertiary/aromatic N) is 1. The van der Waals surface area contributed by atoms with Crippen LogP contribution in [0.2, 0.25) is 0 Å². The maximum atomic E-state index is 10.6. The molecule has 0 spiro atoms. The Hall–Kier alpha value is 0.790. The van der Waals surface area contributed by atoms with Crippen molar-refractivity contribution in [3.8, 4) is 0 Å². The Kier molecular flexibility index (Phi) is 13.1. The maximum absolute atomic E-state index is 10.6. The van der Waals surface area contributed by atoms with Gasteiger partial charge in [-0.25, -0.2) is 4.99 Å². The van der Waals surface area contributed by atoms with Gasteiger partial charge in [0, 0.05) is 5.75 Å². The molecule has 0 radical (unpaired) electrons. The summed E-state index contributed by atoms with van der Waals surface area (Å²) in [5.74, 6) is 0.867. The van der Waals surface area contributed by atoms with Gasteiger partial charge in [0.25, 0.3) is 0 Å². The van der Waals surface area contributed by atoms with Crippen molar-refractivity contribution in [2.75, 3.05) is 5.75 Å². The number of alkyl halides is 1. The Morgan fingerprint density at radius 1 is 1.62 bits per heavy atom. The number of hydroxylamine groups is 1. The summed E-state index contributed by atoms with van der Waals surface area (Å²) >= 11 is 12.9. The summed E-state index contributed by atoms with van der Waals surface area (Å²) in [5, 5.41) is 10.6. The van der Waals surface area contributed by atoms with Crippen LogP contribution in [0.25, 0.3) is 0 Å². The Balaban J connectivity index is 0. The number of halogens is 3. The average molecular weight is 399 g/mol. The Labute approximate surface area is 127 Å². The number of quaternary nitrogens is 1. The van der Waals surface area contributed by atoms with Gasteiger partial charge in [0.2, 0.25) is 0 Å². The fraction of sp³-hybridized carbons (Fsp3) is 0.625. The number of rotatable bonds is 5. The molecule has 0 aliphatic heterocycles. The van der Waals surface area contributed by atoms with Gasteiger partial charge in [0.05, 0.1) is 0 Å². The van der Waals surface area contributed by atoms with Crippen molar-refractivity contribution in [1.82, 2.24) is 0 Å². The molecular weight excluding hydrogens is 384 g/mol. The van der Waals surface area contributed by atoms with Crippen LogP contribution in [0.4, 0.5) is 0 Å². The lowest BCUT2D eigenvalue weighted by Crippen LogP contribution is -3.00. The number of allylic oxidation sites excluding steroid dienone is 1. The fourth-order valence-electron chi connectivity index (χ4n) is 0.707. The molecule has 0 aromatic rings. The third-order valence-electron chi connectivity index (χ3n) is 1.46. The van der Waals surface area contributed by atoms with Crippen molar-refractivity contribution < 1.29 is 29.5 Å². The molecule has 0 saturated carbocycles. The van der Waals surface area contributed by atoms with Crippen LogP contribution in [-0.2, 0) is 0 Å². The third kappa shape index (κ3) is 7.97. The highest BCUT2D eigenvalue weighted by Crippen LogP contribution is 2.15. The van der Waals surface area contributed by atoms with Crippen LogP contribution in [0.5, 0.6) is 0 Å². The van der Waals surface area contributed by atoms with E-state index in [2.05, 4.69) is 4.99 Å². The predicted octanol–water partition coefficient (Wildman–Crippen LogP) is -1.46. The molecule has 0 rings (SSSR count). The van der Waals surface area contributed by atoms with Crippen molar-refractivity contribution in [3.05, 3.63) is 16.1 Å². The van der Waals surface area contributed by atoms with E-state index in [1.54, 1.807) is 6.92 Å². The molecule has 0 fully saturated rings. The van der Waals surface area contributed by atoms with Gasteiger partial charge >= 0.3 is 0 Å². The quantitative estimate of drug-likeness (QED) is 0.148. The van der Waals surface area contributed by atoms with E-state index in [-0.39, 0.29) is 34.8 Å². The minimum atomic E-state index is -0.470. The lowest BCUT2D eigenvalue weighted by molar-refractivity contribution is -0.537. The normalized spacial score (nSPS) is 15.2. The predicted molar refractivity (Wildman–Crippen MR) is 67.9 cm³/mol. The molecule has 4 nitrogen and oxygen atoms in total. The molecule has 96 valence electrons. The lowest BCUT2D eigenvalue weighted by Gasteiger charge is -2.09. The van der Waals surface area contributed by atoms with Gasteiger partial charge in [0.15, 0.2) is 16.0 Å². The Bertz CT molecular complexity index is 262. The minimum absolute atomic E-state index is 0. The van der Waals surface area contributed by atoms with E-state index in [0.29, 0.717) is 10.6 Å². The van der Waals surface area contributed by atoms with Crippen molar-refractivity contribution in [2.45, 2.75) is 25.6 Å². The first-order valence-corrected chi connectivity index (χ1v) is 6.28. The standard InChI is InChI=1S/C8H15Cl2N3OS.HI/c1-3-4-15-8(11)12-7(10)6(13-14)5(2)9;/h5H,3-4,13H2,1-2H3,(H2,11,12);1H/p-1/b7-6+;. The van der Waals surface area contributed by atoms with E-state index in [4.69, 9.17) is 28.9 Å². The molecule has 8 heteroatoms. The molecule has 16 heavy (non-hydrogen) atoms. The summed E-state index contributed by atoms with van der Waals surface area (Å²) in [6.07, 6.45) is 0.995. The van der Waals surface area contributed by atoms with Crippen LogP contribution in [-0.4, -0.2) is 16.3 Å². The SMILES string of the molecule is CCCSC(N)=N/C(Cl)=C(/[NH2+][O-])C(C)Cl.[I-]. The monoisotopic (exact) mass is 398 g/mol. The number of hydrogen-bond acceptors (Lipinski definition) is 3. The maximum Gasteiger partial charge on any atom is 0.190 e. The van der Waals surface area contributed by atoms with E-state index in [1.165, 1.54) is 11.8 Å². The van der Waals surface area contributed by atoms with Gasteiger partial charge < -0.3 is 40.4 Å². The van der Waals surface area contributed by atoms with Gasteiger partial charge in [-0.3, -0.25) is 0 Å². The minimum Gasteiger partial charge on any atom is -1.00 e. The zero-order valence-corrected chi connectivity index (χ0v) is 13.5. The summed E-state index contributed by atoms with van der Waals surface area (Å²) in [4.78, 5) is 3.89. The molecule has 0 aliphatic rings. The molecule has 1 atom stereocenters. The number of hydrogen-bond donors (Lipinski definition) is 2. The molecule has 0 aliphatic carbocycles. The smallest absolute Gasteiger partial charge is 0.190 e. The van der Waals surface area contributed by atoms with Crippen molar-refractivity contribution >= 4 is 40.1 Å². The second kappa shape index (κ2) is 10.9. The van der Waals surface area contributed by atoms with Gasteiger partial charge in [-0.15, -0.1) is 11.6 Å². The number of amidine groups is 1. The van der Waals surface area contributed by atoms with E-state index in [9.17, 15) is 5.21 Å². The second-order valence-corrected chi connectivity index (χ2v) is 4.91. The first kappa shape index (κ1) is 19.1. The van der Waals surface area contributed by atoms with Gasteiger partial charge in [0.1, 0.15) is 5.38 Å². The molecule has 0 saturated heterocycles. The molecule has 0 aromatic carbocycles. The van der Waals surface area contributed by atoms with Crippen molar-refractivity contribution in [1.29, 1.82) is 0 Å². The third-order valence-corrected chi connectivity index (χ3v) is 2.99. The number of aliphatic imine (C=N–C) groups is 1. The van der Waals surface area contributed by atoms with E-state index >= 15 is 0 Å². The molecule has 0 heterocycles. The Morgan fingerprint density at radius 2 is 2.19 bits per heavy atom. The highest BCUT2D eigenvalue weighted by Gasteiger charge is 2.12. The van der Waals surface area contributed by atoms with Crippen LogP contribution in [0.3, 0.4) is 0 Å². The lowest BCUT2D eigenvalue weighted by atomic mass is 10.4. The van der Waals surface area contributed by atoms with E-state index in [0.717, 1.165) is 12.2 Å². The first-order valence-electron chi connectivity index (χ1n) is 4.48. The van der Waals surface area contributed by atoms with E-state index in [1.807, 2.05) is 6.92 Å². The van der Waals surface area contributed by atoms with Crippen molar-refractivity contribution in [3.63, 3.8) is 0 Å². The Morgan fingerprint density at radius 3 is 2.56 bits per heavy atom. The zero-order valence-electron chi connectivity index (χ0n) is 9.04. The molecule has 1 unspecified atom stereocenters. The molecule has 0 bridgehead atoms. The fourth-order valence-corrected chi connectivity index (χ4v) is 1.84. The summed E-state index contributed by atoms with van der Waals surface area (Å²) in [7, 11) is 0. The first-order chi connectivity index (χ1) is 7.02. The van der Waals surface area contributed by atoms with Crippen LogP contribution >= 0.6 is 35.0 Å². The average Bonchev–Trinajstić information content (AvgIpc) is 2.15. The summed E-state index contributed by atoms with van der Waals surface area (Å²) in [6.45, 7) is 3.69. The van der Waals surface area contributed by atoms with Crippen LogP contribution in [0.1, 0.15) is 20.3 Å². The second-order valence-electron chi connectivity index (χ2n) is 2.78. The van der Waals surface area contributed by atoms with Crippen LogP contribution in [0.15, 0.2) is 15.8 Å².